The molecule has 2 aliphatic heterocycles. The monoisotopic (exact) mass is 590 g/mol. The van der Waals surface area contributed by atoms with Crippen molar-refractivity contribution in [1.29, 1.82) is 0 Å². The van der Waals surface area contributed by atoms with Gasteiger partial charge in [-0.1, -0.05) is 6.07 Å². The van der Waals surface area contributed by atoms with Crippen molar-refractivity contribution in [2.45, 2.75) is 33.7 Å². The molecule has 3 unspecified atom stereocenters. The van der Waals surface area contributed by atoms with Gasteiger partial charge in [0.15, 0.2) is 5.44 Å². The minimum Gasteiger partial charge on any atom is -0.491 e. The highest BCUT2D eigenvalue weighted by molar-refractivity contribution is 8.33. The van der Waals surface area contributed by atoms with Crippen LogP contribution in [0.15, 0.2) is 24.3 Å². The molecule has 12 heteroatoms. The first-order chi connectivity index (χ1) is 15.6. The third kappa shape index (κ3) is 11.1. The molecule has 0 spiro atoms. The van der Waals surface area contributed by atoms with Gasteiger partial charge in [0.25, 0.3) is 0 Å². The van der Waals surface area contributed by atoms with Gasteiger partial charge in [0.05, 0.1) is 21.4 Å². The Hall–Kier alpha value is 1.54. The number of thioether (sulfide) groups is 8. The summed E-state index contributed by atoms with van der Waals surface area (Å²) in [7, 11) is 0. The molecule has 0 aliphatic carbocycles. The van der Waals surface area contributed by atoms with Crippen LogP contribution in [0.1, 0.15) is 6.92 Å². The summed E-state index contributed by atoms with van der Waals surface area (Å²) in [6, 6.07) is 7.48. The van der Waals surface area contributed by atoms with Crippen LogP contribution in [-0.4, -0.2) is 81.2 Å². The van der Waals surface area contributed by atoms with E-state index in [1.165, 1.54) is 10.2 Å². The van der Waals surface area contributed by atoms with Crippen molar-refractivity contribution in [3.63, 3.8) is 0 Å². The summed E-state index contributed by atoms with van der Waals surface area (Å²) in [5.74, 6) is 4.03. The molecule has 32 heavy (non-hydrogen) atoms. The summed E-state index contributed by atoms with van der Waals surface area (Å²) in [5.41, 5.74) is -0.322. The highest BCUT2D eigenvalue weighted by Crippen LogP contribution is 2.39. The maximum Gasteiger partial charge on any atom is 0.170 e. The summed E-state index contributed by atoms with van der Waals surface area (Å²) < 4.78 is 13.1. The van der Waals surface area contributed by atoms with E-state index in [-0.39, 0.29) is 12.0 Å². The lowest BCUT2D eigenvalue weighted by atomic mass is 10.3. The lowest BCUT2D eigenvalue weighted by Gasteiger charge is -2.25. The summed E-state index contributed by atoms with van der Waals surface area (Å²) in [6.07, 6.45) is -1.07. The summed E-state index contributed by atoms with van der Waals surface area (Å²) >= 11 is 15.3. The lowest BCUT2D eigenvalue weighted by Crippen LogP contribution is -2.27. The molecule has 1 aromatic rings. The minimum atomic E-state index is -0.574. The van der Waals surface area contributed by atoms with Crippen LogP contribution in [0.3, 0.4) is 0 Å². The number of benzene rings is 1. The fraction of sp³-hybridized carbons (Fsp3) is 0.700. The number of ether oxygens (including phenoxy) is 2. The molecule has 3 rings (SSSR count). The smallest absolute Gasteiger partial charge is 0.170 e. The van der Waals surface area contributed by atoms with E-state index in [0.29, 0.717) is 26.4 Å². The zero-order chi connectivity index (χ0) is 22.6. The van der Waals surface area contributed by atoms with E-state index in [0.717, 1.165) is 21.7 Å². The molecule has 3 atom stereocenters. The highest BCUT2D eigenvalue weighted by Gasteiger charge is 2.22. The molecule has 4 nitrogen and oxygen atoms in total. The standard InChI is InChI=1S/C20H30O4S8/c1-14(21)20(28-9-19-31-12-27-13-32-19)24-17-4-2-3-16(5-17)23-6-15(22)7-25-8-18-29-10-26-11-30-18/h2-5,14-15,18-22H,6-13H2,1H3. The van der Waals surface area contributed by atoms with Crippen molar-refractivity contribution in [3.05, 3.63) is 24.3 Å². The van der Waals surface area contributed by atoms with Gasteiger partial charge in [0, 0.05) is 43.7 Å². The Morgan fingerprint density at radius 3 is 2.25 bits per heavy atom. The molecular weight excluding hydrogens is 561 g/mol. The molecule has 0 amide bonds. The van der Waals surface area contributed by atoms with Crippen LogP contribution in [0, 0.1) is 0 Å². The number of rotatable bonds is 13. The van der Waals surface area contributed by atoms with Crippen LogP contribution in [0.5, 0.6) is 11.5 Å². The largest absolute Gasteiger partial charge is 0.491 e. The number of aliphatic hydroxyl groups is 2. The molecule has 0 aromatic heterocycles. The molecule has 2 N–H and O–H groups in total. The molecule has 0 bridgehead atoms. The van der Waals surface area contributed by atoms with Gasteiger partial charge in [0.2, 0.25) is 0 Å². The van der Waals surface area contributed by atoms with Gasteiger partial charge in [-0.25, -0.2) is 0 Å². The van der Waals surface area contributed by atoms with Crippen molar-refractivity contribution < 1.29 is 19.7 Å². The fourth-order valence-corrected chi connectivity index (χ4v) is 15.2. The molecule has 182 valence electrons. The van der Waals surface area contributed by atoms with Gasteiger partial charge in [-0.05, 0) is 19.1 Å². The molecule has 1 aromatic carbocycles. The van der Waals surface area contributed by atoms with Gasteiger partial charge in [-0.2, -0.15) is 11.8 Å². The van der Waals surface area contributed by atoms with Gasteiger partial charge in [0.1, 0.15) is 18.1 Å². The predicted octanol–water partition coefficient (Wildman–Crippen LogP) is 5.89. The van der Waals surface area contributed by atoms with Crippen LogP contribution in [-0.2, 0) is 0 Å². The van der Waals surface area contributed by atoms with E-state index < -0.39 is 12.2 Å². The van der Waals surface area contributed by atoms with Crippen LogP contribution in [0.25, 0.3) is 0 Å². The molecule has 2 fully saturated rings. The Kier molecular flexibility index (Phi) is 14.3. The molecule has 0 radical (unpaired) electrons. The first-order valence-electron chi connectivity index (χ1n) is 10.2. The molecule has 2 heterocycles. The predicted molar refractivity (Wildman–Crippen MR) is 156 cm³/mol. The van der Waals surface area contributed by atoms with Crippen LogP contribution in [0.2, 0.25) is 0 Å². The quantitative estimate of drug-likeness (QED) is 0.270. The summed E-state index contributed by atoms with van der Waals surface area (Å²) in [6.45, 7) is 2.03. The fourth-order valence-electron chi connectivity index (χ4n) is 2.61. The SMILES string of the molecule is CC(O)C(Oc1cccc(OCC(O)CSCC2SCSCS2)c1)SCC1SCSCS1. The molecular formula is C20H30O4S8. The Morgan fingerprint density at radius 2 is 1.59 bits per heavy atom. The van der Waals surface area contributed by atoms with Crippen molar-refractivity contribution in [2.75, 3.05) is 44.2 Å². The van der Waals surface area contributed by atoms with Gasteiger partial charge < -0.3 is 19.7 Å². The van der Waals surface area contributed by atoms with Gasteiger partial charge >= 0.3 is 0 Å². The van der Waals surface area contributed by atoms with Crippen LogP contribution >= 0.6 is 94.1 Å². The van der Waals surface area contributed by atoms with E-state index in [1.807, 2.05) is 94.8 Å². The molecule has 0 saturated carbocycles. The third-order valence-electron chi connectivity index (χ3n) is 4.20. The maximum absolute atomic E-state index is 10.3. The minimum absolute atomic E-state index is 0.264. The highest BCUT2D eigenvalue weighted by atomic mass is 32.3. The van der Waals surface area contributed by atoms with Gasteiger partial charge in [-0.3, -0.25) is 0 Å². The topological polar surface area (TPSA) is 58.9 Å². The number of aliphatic hydroxyl groups excluding tert-OH is 2. The lowest BCUT2D eigenvalue weighted by molar-refractivity contribution is 0.101. The average molecular weight is 591 g/mol. The first kappa shape index (κ1) is 28.1. The van der Waals surface area contributed by atoms with E-state index in [1.54, 1.807) is 30.4 Å². The van der Waals surface area contributed by atoms with Crippen molar-refractivity contribution in [3.8, 4) is 11.5 Å². The number of hydrogen-bond donors (Lipinski definition) is 2. The Bertz CT molecular complexity index is 644. The second kappa shape index (κ2) is 16.3. The normalized spacial score (nSPS) is 21.1. The second-order valence-corrected chi connectivity index (χ2v) is 17.9. The molecule has 2 saturated heterocycles. The first-order valence-corrected chi connectivity index (χ1v) is 18.9. The van der Waals surface area contributed by atoms with E-state index in [9.17, 15) is 10.2 Å². The van der Waals surface area contributed by atoms with Crippen molar-refractivity contribution in [2.24, 2.45) is 0 Å². The van der Waals surface area contributed by atoms with E-state index in [4.69, 9.17) is 9.47 Å². The zero-order valence-electron chi connectivity index (χ0n) is 17.8. The van der Waals surface area contributed by atoms with E-state index in [2.05, 4.69) is 0 Å². The summed E-state index contributed by atoms with van der Waals surface area (Å²) in [4.78, 5) is 0. The maximum atomic E-state index is 10.3. The van der Waals surface area contributed by atoms with E-state index >= 15 is 0 Å². The third-order valence-corrected chi connectivity index (χ3v) is 16.2. The van der Waals surface area contributed by atoms with Crippen molar-refractivity contribution in [1.82, 2.24) is 0 Å². The second-order valence-electron chi connectivity index (χ2n) is 6.94. The van der Waals surface area contributed by atoms with Crippen LogP contribution < -0.4 is 9.47 Å². The van der Waals surface area contributed by atoms with Crippen LogP contribution in [0.4, 0.5) is 0 Å². The Balaban J connectivity index is 1.38. The van der Waals surface area contributed by atoms with Crippen molar-refractivity contribution >= 4 is 94.1 Å². The number of hydrogen-bond acceptors (Lipinski definition) is 12. The Morgan fingerprint density at radius 1 is 0.969 bits per heavy atom. The average Bonchev–Trinajstić information content (AvgIpc) is 2.82. The molecule has 2 aliphatic rings. The zero-order valence-corrected chi connectivity index (χ0v) is 24.4. The summed E-state index contributed by atoms with van der Waals surface area (Å²) in [5, 5.41) is 25.1. The Labute approximate surface area is 225 Å². The van der Waals surface area contributed by atoms with Gasteiger partial charge in [-0.15, -0.1) is 82.3 Å².